The molecular weight excluding hydrogens is 408 g/mol. The Bertz CT molecular complexity index is 824. The molecule has 0 unspecified atom stereocenters. The van der Waals surface area contributed by atoms with Crippen molar-refractivity contribution in [2.75, 3.05) is 76.1 Å². The van der Waals surface area contributed by atoms with E-state index in [0.29, 0.717) is 36.9 Å². The number of anilines is 1. The number of piperazine rings is 1. The van der Waals surface area contributed by atoms with E-state index >= 15 is 0 Å². The predicted octanol–water partition coefficient (Wildman–Crippen LogP) is 0.368. The predicted molar refractivity (Wildman–Crippen MR) is 116 cm³/mol. The third-order valence-electron chi connectivity index (χ3n) is 5.37. The summed E-state index contributed by atoms with van der Waals surface area (Å²) in [5.74, 6) is 0.646. The van der Waals surface area contributed by atoms with Crippen LogP contribution in [0.25, 0.3) is 0 Å². The summed E-state index contributed by atoms with van der Waals surface area (Å²) in [5.41, 5.74) is 0.397. The van der Waals surface area contributed by atoms with Gasteiger partial charge in [0.2, 0.25) is 15.9 Å². The average molecular weight is 441 g/mol. The minimum absolute atomic E-state index is 0.0991. The molecule has 0 atom stereocenters. The minimum Gasteiger partial charge on any atom is -0.486 e. The Morgan fingerprint density at radius 2 is 1.83 bits per heavy atom. The zero-order chi connectivity index (χ0) is 21.6. The molecule has 1 aromatic rings. The molecule has 0 aliphatic carbocycles. The Morgan fingerprint density at radius 1 is 1.13 bits per heavy atom. The first-order valence-electron chi connectivity index (χ1n) is 10.5. The Morgan fingerprint density at radius 3 is 2.53 bits per heavy atom. The van der Waals surface area contributed by atoms with Crippen LogP contribution in [-0.2, 0) is 14.8 Å². The second-order valence-corrected chi connectivity index (χ2v) is 9.77. The summed E-state index contributed by atoms with van der Waals surface area (Å²) in [6, 6.07) is 4.93. The summed E-state index contributed by atoms with van der Waals surface area (Å²) < 4.78 is 37.4. The van der Waals surface area contributed by atoms with E-state index in [1.807, 2.05) is 0 Å². The van der Waals surface area contributed by atoms with Crippen LogP contribution in [0.15, 0.2) is 18.2 Å². The highest BCUT2D eigenvalue weighted by Crippen LogP contribution is 2.34. The van der Waals surface area contributed by atoms with Crippen LogP contribution in [0.2, 0.25) is 0 Å². The van der Waals surface area contributed by atoms with Crippen LogP contribution < -0.4 is 19.1 Å². The number of hydrogen-bond donors (Lipinski definition) is 1. The van der Waals surface area contributed by atoms with E-state index < -0.39 is 10.0 Å². The van der Waals surface area contributed by atoms with Crippen LogP contribution in [0, 0.1) is 0 Å². The lowest BCUT2D eigenvalue weighted by Gasteiger charge is -2.32. The maximum Gasteiger partial charge on any atom is 0.240 e. The van der Waals surface area contributed by atoms with E-state index in [4.69, 9.17) is 9.47 Å². The van der Waals surface area contributed by atoms with Gasteiger partial charge in [0.05, 0.1) is 11.4 Å². The summed E-state index contributed by atoms with van der Waals surface area (Å²) >= 11 is 0. The standard InChI is InChI=1S/C20H32N4O5S/c1-3-30(26,27)24(17-5-6-18-19(15-17)29-14-13-28-18)16-20(25)21-7-4-8-23-11-9-22(2)10-12-23/h5-6,15H,3-4,7-14,16H2,1-2H3,(H,21,25). The van der Waals surface area contributed by atoms with E-state index in [1.54, 1.807) is 25.1 Å². The average Bonchev–Trinajstić information content (AvgIpc) is 2.76. The van der Waals surface area contributed by atoms with E-state index in [1.165, 1.54) is 0 Å². The number of sulfonamides is 1. The Labute approximate surface area is 179 Å². The van der Waals surface area contributed by atoms with Crippen molar-refractivity contribution in [3.63, 3.8) is 0 Å². The number of fused-ring (bicyclic) bond motifs is 1. The molecule has 0 aromatic heterocycles. The summed E-state index contributed by atoms with van der Waals surface area (Å²) in [6.07, 6.45) is 0.833. The normalized spacial score (nSPS) is 17.5. The van der Waals surface area contributed by atoms with Crippen molar-refractivity contribution in [1.82, 2.24) is 15.1 Å². The molecule has 1 fully saturated rings. The molecule has 2 aliphatic heterocycles. The molecule has 9 nitrogen and oxygen atoms in total. The van der Waals surface area contributed by atoms with Crippen molar-refractivity contribution in [1.29, 1.82) is 0 Å². The van der Waals surface area contributed by atoms with Gasteiger partial charge in [-0.25, -0.2) is 8.42 Å². The highest BCUT2D eigenvalue weighted by molar-refractivity contribution is 7.92. The third-order valence-corrected chi connectivity index (χ3v) is 7.11. The van der Waals surface area contributed by atoms with Gasteiger partial charge in [0, 0.05) is 38.8 Å². The molecule has 2 heterocycles. The van der Waals surface area contributed by atoms with Gasteiger partial charge >= 0.3 is 0 Å². The van der Waals surface area contributed by atoms with Crippen molar-refractivity contribution in [3.05, 3.63) is 18.2 Å². The number of hydrogen-bond acceptors (Lipinski definition) is 7. The summed E-state index contributed by atoms with van der Waals surface area (Å²) in [7, 11) is -1.50. The van der Waals surface area contributed by atoms with Gasteiger partial charge in [-0.1, -0.05) is 0 Å². The van der Waals surface area contributed by atoms with E-state index in [-0.39, 0.29) is 18.2 Å². The van der Waals surface area contributed by atoms with Gasteiger partial charge in [-0.15, -0.1) is 0 Å². The Kier molecular flexibility index (Phi) is 7.79. The fourth-order valence-electron chi connectivity index (χ4n) is 3.48. The van der Waals surface area contributed by atoms with Gasteiger partial charge in [-0.3, -0.25) is 9.10 Å². The topological polar surface area (TPSA) is 91.4 Å². The molecule has 0 radical (unpaired) electrons. The molecule has 2 aliphatic rings. The lowest BCUT2D eigenvalue weighted by atomic mass is 10.2. The van der Waals surface area contributed by atoms with Gasteiger partial charge in [0.15, 0.2) is 11.5 Å². The number of rotatable bonds is 9. The van der Waals surface area contributed by atoms with Gasteiger partial charge in [0.1, 0.15) is 19.8 Å². The first-order chi connectivity index (χ1) is 14.4. The summed E-state index contributed by atoms with van der Waals surface area (Å²) in [6.45, 7) is 7.81. The van der Waals surface area contributed by atoms with Crippen LogP contribution >= 0.6 is 0 Å². The number of amides is 1. The smallest absolute Gasteiger partial charge is 0.240 e. The maximum absolute atomic E-state index is 12.6. The molecule has 10 heteroatoms. The van der Waals surface area contributed by atoms with Gasteiger partial charge in [-0.05, 0) is 39.1 Å². The molecule has 30 heavy (non-hydrogen) atoms. The van der Waals surface area contributed by atoms with Crippen molar-refractivity contribution in [3.8, 4) is 11.5 Å². The zero-order valence-corrected chi connectivity index (χ0v) is 18.6. The van der Waals surface area contributed by atoms with Crippen LogP contribution in [0.5, 0.6) is 11.5 Å². The zero-order valence-electron chi connectivity index (χ0n) is 17.8. The number of ether oxygens (including phenoxy) is 2. The third kappa shape index (κ3) is 5.99. The lowest BCUT2D eigenvalue weighted by Crippen LogP contribution is -2.45. The number of nitrogens with one attached hydrogen (secondary N) is 1. The summed E-state index contributed by atoms with van der Waals surface area (Å²) in [4.78, 5) is 17.2. The molecule has 0 bridgehead atoms. The first kappa shape index (κ1) is 22.6. The van der Waals surface area contributed by atoms with Crippen LogP contribution in [0.1, 0.15) is 13.3 Å². The van der Waals surface area contributed by atoms with Gasteiger partial charge in [-0.2, -0.15) is 0 Å². The quantitative estimate of drug-likeness (QED) is 0.555. The van der Waals surface area contributed by atoms with Crippen LogP contribution in [0.3, 0.4) is 0 Å². The molecule has 1 N–H and O–H groups in total. The first-order valence-corrected chi connectivity index (χ1v) is 12.1. The molecule has 1 saturated heterocycles. The molecule has 3 rings (SSSR count). The monoisotopic (exact) mass is 440 g/mol. The highest BCUT2D eigenvalue weighted by Gasteiger charge is 2.25. The molecule has 168 valence electrons. The second-order valence-electron chi connectivity index (χ2n) is 7.58. The highest BCUT2D eigenvalue weighted by atomic mass is 32.2. The van der Waals surface area contributed by atoms with Crippen molar-refractivity contribution in [2.24, 2.45) is 0 Å². The second kappa shape index (κ2) is 10.3. The fraction of sp³-hybridized carbons (Fsp3) is 0.650. The SMILES string of the molecule is CCS(=O)(=O)N(CC(=O)NCCCN1CCN(C)CC1)c1ccc2c(c1)OCCO2. The van der Waals surface area contributed by atoms with Crippen molar-refractivity contribution >= 4 is 21.6 Å². The molecule has 1 aromatic carbocycles. The van der Waals surface area contributed by atoms with Crippen molar-refractivity contribution < 1.29 is 22.7 Å². The van der Waals surface area contributed by atoms with Crippen LogP contribution in [-0.4, -0.2) is 96.0 Å². The van der Waals surface area contributed by atoms with E-state index in [0.717, 1.165) is 43.4 Å². The Balaban J connectivity index is 1.55. The lowest BCUT2D eigenvalue weighted by molar-refractivity contribution is -0.119. The van der Waals surface area contributed by atoms with E-state index in [9.17, 15) is 13.2 Å². The number of carbonyl (C=O) groups excluding carboxylic acids is 1. The molecular formula is C20H32N4O5S. The minimum atomic E-state index is -3.62. The number of likely N-dealkylation sites (N-methyl/N-ethyl adjacent to an activating group) is 1. The van der Waals surface area contributed by atoms with Crippen molar-refractivity contribution in [2.45, 2.75) is 13.3 Å². The molecule has 1 amide bonds. The number of carbonyl (C=O) groups is 1. The Hall–Kier alpha value is -2.04. The summed E-state index contributed by atoms with van der Waals surface area (Å²) in [5, 5.41) is 2.85. The fourth-order valence-corrected chi connectivity index (χ4v) is 4.54. The molecule has 0 spiro atoms. The largest absolute Gasteiger partial charge is 0.486 e. The maximum atomic E-state index is 12.6. The van der Waals surface area contributed by atoms with Gasteiger partial charge < -0.3 is 24.6 Å². The van der Waals surface area contributed by atoms with E-state index in [2.05, 4.69) is 22.2 Å². The number of benzene rings is 1. The molecule has 0 saturated carbocycles. The van der Waals surface area contributed by atoms with Crippen LogP contribution in [0.4, 0.5) is 5.69 Å². The number of nitrogens with zero attached hydrogens (tertiary/aromatic N) is 3. The van der Waals surface area contributed by atoms with Gasteiger partial charge in [0.25, 0.3) is 0 Å².